The number of fused-ring (bicyclic) bond motifs is 1. The summed E-state index contributed by atoms with van der Waals surface area (Å²) >= 11 is 6.22. The maximum Gasteiger partial charge on any atom is 0.316 e. The Bertz CT molecular complexity index is 1290. The Morgan fingerprint density at radius 1 is 0.971 bits per heavy atom. The highest BCUT2D eigenvalue weighted by Gasteiger charge is 2.49. The average Bonchev–Trinajstić information content (AvgIpc) is 3.32. The molecule has 0 N–H and O–H groups in total. The Labute approximate surface area is 208 Å². The monoisotopic (exact) mass is 492 g/mol. The third-order valence-electron chi connectivity index (χ3n) is 7.05. The lowest BCUT2D eigenvalue weighted by Crippen LogP contribution is -2.31. The van der Waals surface area contributed by atoms with E-state index in [1.807, 2.05) is 13.0 Å². The molecule has 0 radical (unpaired) electrons. The third kappa shape index (κ3) is 4.14. The molecular weight excluding hydrogens is 468 g/mol. The van der Waals surface area contributed by atoms with Crippen molar-refractivity contribution in [3.8, 4) is 5.75 Å². The van der Waals surface area contributed by atoms with Crippen LogP contribution in [0.15, 0.2) is 54.1 Å². The molecule has 0 unspecified atom stereocenters. The van der Waals surface area contributed by atoms with E-state index in [1.165, 1.54) is 9.80 Å². The van der Waals surface area contributed by atoms with Crippen molar-refractivity contribution in [3.05, 3.63) is 64.7 Å². The van der Waals surface area contributed by atoms with E-state index in [9.17, 15) is 19.2 Å². The number of para-hydroxylation sites is 1. The van der Waals surface area contributed by atoms with Gasteiger partial charge in [-0.05, 0) is 62.6 Å². The topological polar surface area (TPSA) is 84.0 Å². The number of benzene rings is 2. The van der Waals surface area contributed by atoms with Crippen molar-refractivity contribution >= 4 is 46.7 Å². The molecule has 2 fully saturated rings. The number of esters is 1. The molecule has 180 valence electrons. The number of ether oxygens (including phenoxy) is 1. The van der Waals surface area contributed by atoms with Crippen molar-refractivity contribution in [1.82, 2.24) is 0 Å². The lowest BCUT2D eigenvalue weighted by molar-refractivity contribution is -0.139. The molecule has 2 aromatic carbocycles. The van der Waals surface area contributed by atoms with Gasteiger partial charge in [0.2, 0.25) is 17.7 Å². The van der Waals surface area contributed by atoms with Crippen LogP contribution in [0.1, 0.15) is 31.7 Å². The number of carbonyl (C=O) groups is 4. The molecule has 2 aliphatic heterocycles. The van der Waals surface area contributed by atoms with Gasteiger partial charge in [-0.3, -0.25) is 19.2 Å². The zero-order valence-corrected chi connectivity index (χ0v) is 20.2. The minimum absolute atomic E-state index is 0.0358. The van der Waals surface area contributed by atoms with Gasteiger partial charge in [0.1, 0.15) is 5.75 Å². The normalized spacial score (nSPS) is 24.0. The largest absolute Gasteiger partial charge is 0.426 e. The number of hydrogen-bond donors (Lipinski definition) is 0. The second-order valence-corrected chi connectivity index (χ2v) is 9.85. The van der Waals surface area contributed by atoms with Gasteiger partial charge in [-0.2, -0.15) is 0 Å². The quantitative estimate of drug-likeness (QED) is 0.272. The summed E-state index contributed by atoms with van der Waals surface area (Å²) in [5.74, 6) is -2.02. The maximum absolute atomic E-state index is 13.0. The molecule has 7 nitrogen and oxygen atoms in total. The van der Waals surface area contributed by atoms with E-state index in [-0.39, 0.29) is 42.5 Å². The number of carbonyl (C=O) groups excluding carboxylic acids is 4. The van der Waals surface area contributed by atoms with Gasteiger partial charge in [0.25, 0.3) is 0 Å². The van der Waals surface area contributed by atoms with E-state index in [2.05, 4.69) is 0 Å². The van der Waals surface area contributed by atoms with Gasteiger partial charge in [0, 0.05) is 13.0 Å². The first kappa shape index (κ1) is 23.3. The molecule has 2 aromatic rings. The van der Waals surface area contributed by atoms with E-state index >= 15 is 0 Å². The Morgan fingerprint density at radius 3 is 2.46 bits per heavy atom. The van der Waals surface area contributed by atoms with Crippen molar-refractivity contribution < 1.29 is 23.9 Å². The lowest BCUT2D eigenvalue weighted by Gasteiger charge is -2.19. The minimum atomic E-state index is -0.626. The second-order valence-electron chi connectivity index (χ2n) is 9.44. The third-order valence-corrected chi connectivity index (χ3v) is 7.37. The molecule has 3 aliphatic rings. The van der Waals surface area contributed by atoms with Gasteiger partial charge in [-0.15, -0.1) is 0 Å². The molecule has 5 rings (SSSR count). The summed E-state index contributed by atoms with van der Waals surface area (Å²) in [7, 11) is 0. The van der Waals surface area contributed by atoms with Crippen LogP contribution in [0.2, 0.25) is 5.02 Å². The summed E-state index contributed by atoms with van der Waals surface area (Å²) in [5.41, 5.74) is 2.86. The lowest BCUT2D eigenvalue weighted by atomic mass is 9.82. The van der Waals surface area contributed by atoms with Crippen molar-refractivity contribution in [1.29, 1.82) is 0 Å². The van der Waals surface area contributed by atoms with E-state index < -0.39 is 11.9 Å². The number of allylic oxidation sites excluding steroid dienone is 2. The summed E-state index contributed by atoms with van der Waals surface area (Å²) in [6, 6.07) is 11.9. The van der Waals surface area contributed by atoms with Crippen molar-refractivity contribution in [3.63, 3.8) is 0 Å². The highest BCUT2D eigenvalue weighted by atomic mass is 35.5. The van der Waals surface area contributed by atoms with Crippen LogP contribution in [0.25, 0.3) is 0 Å². The number of amides is 3. The van der Waals surface area contributed by atoms with Crippen LogP contribution in [0.4, 0.5) is 11.4 Å². The first-order chi connectivity index (χ1) is 16.7. The van der Waals surface area contributed by atoms with E-state index in [4.69, 9.17) is 16.3 Å². The highest BCUT2D eigenvalue weighted by Crippen LogP contribution is 2.41. The fraction of sp³-hybridized carbons (Fsp3) is 0.333. The van der Waals surface area contributed by atoms with Crippen LogP contribution in [0.5, 0.6) is 5.75 Å². The predicted octanol–water partition coefficient (Wildman–Crippen LogP) is 4.45. The van der Waals surface area contributed by atoms with Crippen LogP contribution in [-0.4, -0.2) is 30.2 Å². The second kappa shape index (κ2) is 8.96. The summed E-state index contributed by atoms with van der Waals surface area (Å²) in [6.07, 6.45) is 3.25. The van der Waals surface area contributed by atoms with E-state index in [0.29, 0.717) is 40.6 Å². The van der Waals surface area contributed by atoms with Crippen LogP contribution in [0.3, 0.4) is 0 Å². The molecule has 1 aliphatic carbocycles. The van der Waals surface area contributed by atoms with Crippen LogP contribution in [-0.2, 0) is 19.2 Å². The van der Waals surface area contributed by atoms with Gasteiger partial charge < -0.3 is 9.64 Å². The Kier molecular flexibility index (Phi) is 5.97. The number of imide groups is 1. The zero-order valence-electron chi connectivity index (χ0n) is 19.5. The smallest absolute Gasteiger partial charge is 0.316 e. The molecule has 0 bridgehead atoms. The molecule has 0 spiro atoms. The number of rotatable bonds is 4. The molecule has 0 aromatic heterocycles. The van der Waals surface area contributed by atoms with Gasteiger partial charge >= 0.3 is 5.97 Å². The molecule has 2 heterocycles. The first-order valence-electron chi connectivity index (χ1n) is 11.6. The zero-order chi connectivity index (χ0) is 24.9. The molecule has 35 heavy (non-hydrogen) atoms. The minimum Gasteiger partial charge on any atom is -0.426 e. The van der Waals surface area contributed by atoms with E-state index in [0.717, 1.165) is 5.57 Å². The van der Waals surface area contributed by atoms with Crippen molar-refractivity contribution in [2.45, 2.75) is 33.1 Å². The Hall–Kier alpha value is -3.45. The van der Waals surface area contributed by atoms with Gasteiger partial charge in [0.05, 0.1) is 34.2 Å². The fourth-order valence-electron chi connectivity index (χ4n) is 5.19. The first-order valence-corrected chi connectivity index (χ1v) is 12.0. The Morgan fingerprint density at radius 2 is 1.71 bits per heavy atom. The SMILES string of the molecule is CC1=CC[C@@H]2C(=O)N(c3ccc(OC(=O)[C@H]4CC(=O)N(c5ccccc5Cl)C4)cc3C)C(=O)[C@@H]2C1. The predicted molar refractivity (Wildman–Crippen MR) is 131 cm³/mol. The van der Waals surface area contributed by atoms with Gasteiger partial charge in [-0.1, -0.05) is 35.4 Å². The van der Waals surface area contributed by atoms with E-state index in [1.54, 1.807) is 49.4 Å². The Balaban J connectivity index is 1.29. The fourth-order valence-corrected chi connectivity index (χ4v) is 5.42. The number of aryl methyl sites for hydroxylation is 1. The van der Waals surface area contributed by atoms with Gasteiger partial charge in [0.15, 0.2) is 0 Å². The molecular formula is C27H25ClN2O5. The molecule has 8 heteroatoms. The van der Waals surface area contributed by atoms with Crippen molar-refractivity contribution in [2.75, 3.05) is 16.3 Å². The number of hydrogen-bond acceptors (Lipinski definition) is 5. The van der Waals surface area contributed by atoms with Crippen LogP contribution < -0.4 is 14.5 Å². The summed E-state index contributed by atoms with van der Waals surface area (Å²) in [5, 5.41) is 0.442. The van der Waals surface area contributed by atoms with Crippen molar-refractivity contribution in [2.24, 2.45) is 17.8 Å². The number of halogens is 1. The maximum atomic E-state index is 13.0. The summed E-state index contributed by atoms with van der Waals surface area (Å²) in [4.78, 5) is 54.1. The highest BCUT2D eigenvalue weighted by molar-refractivity contribution is 6.34. The number of anilines is 2. The molecule has 2 saturated heterocycles. The van der Waals surface area contributed by atoms with Crippen LogP contribution >= 0.6 is 11.6 Å². The molecule has 3 amide bonds. The van der Waals surface area contributed by atoms with Crippen LogP contribution in [0, 0.1) is 24.7 Å². The standard InChI is InChI=1S/C27H25ClN2O5/c1-15-7-9-19-20(11-15)26(33)30(25(19)32)22-10-8-18(12-16(22)2)35-27(34)17-13-24(31)29(14-17)23-6-4-3-5-21(23)28/h3-8,10,12,17,19-20H,9,11,13-14H2,1-2H3/t17-,19-,20+/m0/s1. The molecule has 0 saturated carbocycles. The molecule has 3 atom stereocenters. The summed E-state index contributed by atoms with van der Waals surface area (Å²) < 4.78 is 5.57. The summed E-state index contributed by atoms with van der Waals surface area (Å²) in [6.45, 7) is 3.94. The van der Waals surface area contributed by atoms with Gasteiger partial charge in [-0.25, -0.2) is 4.90 Å². The number of nitrogens with zero attached hydrogens (tertiary/aromatic N) is 2. The average molecular weight is 493 g/mol.